The van der Waals surface area contributed by atoms with Crippen molar-refractivity contribution in [2.24, 2.45) is 0 Å². The monoisotopic (exact) mass is 310 g/mol. The van der Waals surface area contributed by atoms with Crippen LogP contribution in [0, 0.1) is 0 Å². The molecule has 1 saturated heterocycles. The second-order valence-corrected chi connectivity index (χ2v) is 5.92. The van der Waals surface area contributed by atoms with E-state index in [1.54, 1.807) is 4.90 Å². The standard InChI is InChI=1S/C17H18N4O2/c22-16(15-10-19-17(23)20-15)21-7-5-11(6-8-21)13-9-18-14-4-2-1-3-12(13)14/h1-5,9,15,18H,6-8,10H2,(H2,19,20,23). The Morgan fingerprint density at radius 3 is 2.87 bits per heavy atom. The van der Waals surface area contributed by atoms with Crippen LogP contribution >= 0.6 is 0 Å². The first-order valence-corrected chi connectivity index (χ1v) is 7.81. The van der Waals surface area contributed by atoms with Gasteiger partial charge in [0, 0.05) is 42.3 Å². The predicted octanol–water partition coefficient (Wildman–Crippen LogP) is 1.46. The predicted molar refractivity (Wildman–Crippen MR) is 87.8 cm³/mol. The van der Waals surface area contributed by atoms with Crippen molar-refractivity contribution in [1.82, 2.24) is 20.5 Å². The summed E-state index contributed by atoms with van der Waals surface area (Å²) < 4.78 is 0. The highest BCUT2D eigenvalue weighted by atomic mass is 16.2. The lowest BCUT2D eigenvalue weighted by atomic mass is 9.98. The van der Waals surface area contributed by atoms with Gasteiger partial charge in [-0.1, -0.05) is 24.3 Å². The van der Waals surface area contributed by atoms with Gasteiger partial charge in [-0.25, -0.2) is 4.79 Å². The van der Waals surface area contributed by atoms with Gasteiger partial charge < -0.3 is 20.5 Å². The zero-order valence-corrected chi connectivity index (χ0v) is 12.6. The summed E-state index contributed by atoms with van der Waals surface area (Å²) in [7, 11) is 0. The fourth-order valence-corrected chi connectivity index (χ4v) is 3.28. The van der Waals surface area contributed by atoms with Crippen LogP contribution in [0.5, 0.6) is 0 Å². The Balaban J connectivity index is 1.51. The van der Waals surface area contributed by atoms with E-state index < -0.39 is 6.04 Å². The Kier molecular flexibility index (Phi) is 3.29. The van der Waals surface area contributed by atoms with Crippen molar-refractivity contribution in [1.29, 1.82) is 0 Å². The molecule has 3 heterocycles. The van der Waals surface area contributed by atoms with E-state index in [4.69, 9.17) is 0 Å². The number of nitrogens with zero attached hydrogens (tertiary/aromatic N) is 1. The summed E-state index contributed by atoms with van der Waals surface area (Å²) in [5.41, 5.74) is 3.60. The molecule has 1 fully saturated rings. The third-order valence-corrected chi connectivity index (χ3v) is 4.53. The molecule has 1 aromatic heterocycles. The molecule has 4 rings (SSSR count). The topological polar surface area (TPSA) is 77.2 Å². The third-order valence-electron chi connectivity index (χ3n) is 4.53. The van der Waals surface area contributed by atoms with Crippen LogP contribution in [0.15, 0.2) is 36.5 Å². The van der Waals surface area contributed by atoms with Crippen molar-refractivity contribution in [3.63, 3.8) is 0 Å². The van der Waals surface area contributed by atoms with Crippen LogP contribution in [-0.4, -0.2) is 47.5 Å². The number of nitrogens with one attached hydrogen (secondary N) is 3. The molecule has 3 amide bonds. The van der Waals surface area contributed by atoms with E-state index in [2.05, 4.69) is 33.8 Å². The number of hydrogen-bond acceptors (Lipinski definition) is 2. The van der Waals surface area contributed by atoms with Gasteiger partial charge in [-0.2, -0.15) is 0 Å². The Hall–Kier alpha value is -2.76. The van der Waals surface area contributed by atoms with Gasteiger partial charge in [0.2, 0.25) is 5.91 Å². The van der Waals surface area contributed by atoms with E-state index in [9.17, 15) is 9.59 Å². The molecule has 1 unspecified atom stereocenters. The van der Waals surface area contributed by atoms with E-state index in [1.165, 1.54) is 16.5 Å². The number of H-pyrrole nitrogens is 1. The molecule has 0 spiro atoms. The van der Waals surface area contributed by atoms with E-state index in [-0.39, 0.29) is 11.9 Å². The number of urea groups is 1. The molecular weight excluding hydrogens is 292 g/mol. The van der Waals surface area contributed by atoms with Crippen LogP contribution in [-0.2, 0) is 4.79 Å². The zero-order chi connectivity index (χ0) is 15.8. The first-order chi connectivity index (χ1) is 11.2. The fourth-order valence-electron chi connectivity index (χ4n) is 3.28. The lowest BCUT2D eigenvalue weighted by Gasteiger charge is -2.28. The molecule has 6 nitrogen and oxygen atoms in total. The van der Waals surface area contributed by atoms with Crippen molar-refractivity contribution < 1.29 is 9.59 Å². The van der Waals surface area contributed by atoms with Gasteiger partial charge in [-0.05, 0) is 18.1 Å². The number of amides is 3. The summed E-state index contributed by atoms with van der Waals surface area (Å²) >= 11 is 0. The molecule has 6 heteroatoms. The molecular formula is C17H18N4O2. The van der Waals surface area contributed by atoms with Gasteiger partial charge in [0.05, 0.1) is 0 Å². The second-order valence-electron chi connectivity index (χ2n) is 5.92. The number of hydrogen-bond donors (Lipinski definition) is 3. The molecule has 1 aromatic carbocycles. The fraction of sp³-hybridized carbons (Fsp3) is 0.294. The van der Waals surface area contributed by atoms with Gasteiger partial charge in [0.25, 0.3) is 0 Å². The smallest absolute Gasteiger partial charge is 0.315 e. The highest BCUT2D eigenvalue weighted by Crippen LogP contribution is 2.29. The molecule has 2 aromatic rings. The van der Waals surface area contributed by atoms with Crippen molar-refractivity contribution >= 4 is 28.4 Å². The van der Waals surface area contributed by atoms with Crippen LogP contribution in [0.1, 0.15) is 12.0 Å². The number of fused-ring (bicyclic) bond motifs is 1. The average molecular weight is 310 g/mol. The average Bonchev–Trinajstić information content (AvgIpc) is 3.21. The van der Waals surface area contributed by atoms with E-state index in [0.29, 0.717) is 19.6 Å². The maximum Gasteiger partial charge on any atom is 0.315 e. The Morgan fingerprint density at radius 1 is 1.26 bits per heavy atom. The van der Waals surface area contributed by atoms with Gasteiger partial charge in [0.15, 0.2) is 0 Å². The summed E-state index contributed by atoms with van der Waals surface area (Å²) in [6, 6.07) is 7.52. The maximum absolute atomic E-state index is 12.4. The van der Waals surface area contributed by atoms with Gasteiger partial charge >= 0.3 is 6.03 Å². The molecule has 0 bridgehead atoms. The van der Waals surface area contributed by atoms with Gasteiger partial charge in [-0.3, -0.25) is 4.79 Å². The first kappa shape index (κ1) is 13.9. The van der Waals surface area contributed by atoms with Crippen LogP contribution in [0.2, 0.25) is 0 Å². The van der Waals surface area contributed by atoms with Crippen molar-refractivity contribution in [3.05, 3.63) is 42.1 Å². The SMILES string of the molecule is O=C1NCC(C(=O)N2CC=C(c3c[nH]c4ccccc34)CC2)N1. The van der Waals surface area contributed by atoms with Gasteiger partial charge in [-0.15, -0.1) is 0 Å². The molecule has 118 valence electrons. The summed E-state index contributed by atoms with van der Waals surface area (Å²) in [6.45, 7) is 1.63. The number of carbonyl (C=O) groups excluding carboxylic acids is 2. The van der Waals surface area contributed by atoms with E-state index in [0.717, 1.165) is 11.9 Å². The Labute approximate surface area is 133 Å². The second kappa shape index (κ2) is 5.46. The number of benzene rings is 1. The molecule has 0 saturated carbocycles. The van der Waals surface area contributed by atoms with Crippen LogP contribution in [0.25, 0.3) is 16.5 Å². The van der Waals surface area contributed by atoms with Crippen LogP contribution in [0.3, 0.4) is 0 Å². The molecule has 3 N–H and O–H groups in total. The maximum atomic E-state index is 12.4. The van der Waals surface area contributed by atoms with Gasteiger partial charge in [0.1, 0.15) is 6.04 Å². The minimum atomic E-state index is -0.439. The quantitative estimate of drug-likeness (QED) is 0.785. The minimum Gasteiger partial charge on any atom is -0.361 e. The molecule has 0 aliphatic carbocycles. The summed E-state index contributed by atoms with van der Waals surface area (Å²) in [5, 5.41) is 6.48. The Bertz CT molecular complexity index is 808. The largest absolute Gasteiger partial charge is 0.361 e. The van der Waals surface area contributed by atoms with E-state index in [1.807, 2.05) is 18.3 Å². The lowest BCUT2D eigenvalue weighted by molar-refractivity contribution is -0.132. The number of para-hydroxylation sites is 1. The molecule has 2 aliphatic heterocycles. The molecule has 1 atom stereocenters. The highest BCUT2D eigenvalue weighted by molar-refractivity contribution is 5.94. The number of carbonyl (C=O) groups is 2. The lowest BCUT2D eigenvalue weighted by Crippen LogP contribution is -2.47. The van der Waals surface area contributed by atoms with Crippen molar-refractivity contribution in [3.8, 4) is 0 Å². The molecule has 2 aliphatic rings. The summed E-state index contributed by atoms with van der Waals surface area (Å²) in [4.78, 5) is 28.6. The summed E-state index contributed by atoms with van der Waals surface area (Å²) in [5.74, 6) is -0.0161. The zero-order valence-electron chi connectivity index (χ0n) is 12.6. The Morgan fingerprint density at radius 2 is 2.13 bits per heavy atom. The third kappa shape index (κ3) is 2.46. The highest BCUT2D eigenvalue weighted by Gasteiger charge is 2.31. The number of aromatic nitrogens is 1. The normalized spacial score (nSPS) is 21.0. The van der Waals surface area contributed by atoms with Crippen molar-refractivity contribution in [2.45, 2.75) is 12.5 Å². The molecule has 0 radical (unpaired) electrons. The van der Waals surface area contributed by atoms with Crippen LogP contribution in [0.4, 0.5) is 4.79 Å². The van der Waals surface area contributed by atoms with E-state index >= 15 is 0 Å². The minimum absolute atomic E-state index is 0.0161. The summed E-state index contributed by atoms with van der Waals surface area (Å²) in [6.07, 6.45) is 4.97. The molecule has 23 heavy (non-hydrogen) atoms. The van der Waals surface area contributed by atoms with Crippen LogP contribution < -0.4 is 10.6 Å². The number of rotatable bonds is 2. The first-order valence-electron chi connectivity index (χ1n) is 7.81. The van der Waals surface area contributed by atoms with Crippen molar-refractivity contribution in [2.75, 3.05) is 19.6 Å². The number of aromatic amines is 1.